The first-order chi connectivity index (χ1) is 8.22. The van der Waals surface area contributed by atoms with Gasteiger partial charge < -0.3 is 5.73 Å². The molecule has 0 aliphatic carbocycles. The zero-order valence-electron chi connectivity index (χ0n) is 9.19. The van der Waals surface area contributed by atoms with Crippen molar-refractivity contribution in [1.82, 2.24) is 0 Å². The summed E-state index contributed by atoms with van der Waals surface area (Å²) in [5.41, 5.74) is 7.06. The third-order valence-corrected chi connectivity index (χ3v) is 2.69. The fourth-order valence-corrected chi connectivity index (χ4v) is 1.74. The van der Waals surface area contributed by atoms with E-state index in [2.05, 4.69) is 9.98 Å². The van der Waals surface area contributed by atoms with E-state index in [4.69, 9.17) is 17.3 Å². The predicted octanol–water partition coefficient (Wildman–Crippen LogP) is 1.96. The minimum atomic E-state index is -0.260. The predicted molar refractivity (Wildman–Crippen MR) is 68.9 cm³/mol. The van der Waals surface area contributed by atoms with Gasteiger partial charge in [0, 0.05) is 17.9 Å². The molecule has 1 heterocycles. The number of carbonyl (C=O) groups excluding carboxylic acids is 1. The van der Waals surface area contributed by atoms with E-state index in [9.17, 15) is 4.79 Å². The van der Waals surface area contributed by atoms with E-state index in [1.807, 2.05) is 12.1 Å². The number of nitrogens with two attached hydrogens (primary N) is 1. The molecular formula is C12H12ClN3O. The second kappa shape index (κ2) is 5.10. The van der Waals surface area contributed by atoms with Crippen molar-refractivity contribution in [2.24, 2.45) is 15.7 Å². The van der Waals surface area contributed by atoms with Crippen LogP contribution in [0.2, 0.25) is 0 Å². The summed E-state index contributed by atoms with van der Waals surface area (Å²) in [7, 11) is 0. The maximum absolute atomic E-state index is 11.6. The molecule has 0 saturated heterocycles. The van der Waals surface area contributed by atoms with E-state index in [0.29, 0.717) is 29.5 Å². The Hall–Kier alpha value is -1.68. The molecule has 0 saturated carbocycles. The number of carbonyl (C=O) groups is 1. The molecule has 0 atom stereocenters. The number of alkyl halides is 1. The third kappa shape index (κ3) is 2.53. The van der Waals surface area contributed by atoms with Gasteiger partial charge >= 0.3 is 0 Å². The molecular weight excluding hydrogens is 238 g/mol. The molecule has 5 heteroatoms. The number of aliphatic imine (C=N–C) groups is 2. The first-order valence-electron chi connectivity index (χ1n) is 5.34. The zero-order chi connectivity index (χ0) is 12.3. The van der Waals surface area contributed by atoms with Crippen molar-refractivity contribution in [2.45, 2.75) is 12.8 Å². The third-order valence-electron chi connectivity index (χ3n) is 2.42. The minimum Gasteiger partial charge on any atom is -0.387 e. The van der Waals surface area contributed by atoms with Crippen LogP contribution in [0, 0.1) is 0 Å². The first-order valence-corrected chi connectivity index (χ1v) is 5.87. The normalized spacial score (nSPS) is 14.8. The van der Waals surface area contributed by atoms with Crippen LogP contribution in [0.3, 0.4) is 0 Å². The lowest BCUT2D eigenvalue weighted by Crippen LogP contribution is -2.14. The second-order valence-corrected chi connectivity index (χ2v) is 4.06. The van der Waals surface area contributed by atoms with Gasteiger partial charge in [-0.25, -0.2) is 4.99 Å². The van der Waals surface area contributed by atoms with Gasteiger partial charge in [-0.3, -0.25) is 4.79 Å². The summed E-state index contributed by atoms with van der Waals surface area (Å²) in [6.07, 6.45) is 1.37. The lowest BCUT2D eigenvalue weighted by molar-refractivity contribution is 0.101. The van der Waals surface area contributed by atoms with Crippen LogP contribution >= 0.6 is 11.6 Å². The van der Waals surface area contributed by atoms with Crippen molar-refractivity contribution in [3.05, 3.63) is 35.4 Å². The van der Waals surface area contributed by atoms with E-state index < -0.39 is 0 Å². The Morgan fingerprint density at radius 1 is 1.35 bits per heavy atom. The number of halogens is 1. The maximum atomic E-state index is 11.6. The molecule has 2 rings (SSSR count). The second-order valence-electron chi connectivity index (χ2n) is 3.68. The smallest absolute Gasteiger partial charge is 0.279 e. The summed E-state index contributed by atoms with van der Waals surface area (Å²) in [6, 6.07) is 7.20. The standard InChI is InChI=1S/C12H12ClN3O/c13-7-3-6-10(14)15-11-8-4-1-2-5-9(8)12(17)16-11/h1-2,4-5H,3,6-7H2,(H2,14,15,16,17). The van der Waals surface area contributed by atoms with E-state index in [1.54, 1.807) is 12.1 Å². The molecule has 0 aromatic heterocycles. The van der Waals surface area contributed by atoms with E-state index in [0.717, 1.165) is 12.0 Å². The van der Waals surface area contributed by atoms with Crippen molar-refractivity contribution < 1.29 is 4.79 Å². The number of amidine groups is 2. The highest BCUT2D eigenvalue weighted by molar-refractivity contribution is 6.22. The highest BCUT2D eigenvalue weighted by atomic mass is 35.5. The van der Waals surface area contributed by atoms with Crippen molar-refractivity contribution in [1.29, 1.82) is 0 Å². The van der Waals surface area contributed by atoms with Crippen molar-refractivity contribution in [3.8, 4) is 0 Å². The highest BCUT2D eigenvalue weighted by Crippen LogP contribution is 2.19. The number of hydrogen-bond donors (Lipinski definition) is 1. The van der Waals surface area contributed by atoms with Gasteiger partial charge in [-0.2, -0.15) is 4.99 Å². The SMILES string of the molecule is NC(CCCCl)=NC1=NC(=O)c2ccccc21. The molecule has 1 aliphatic rings. The number of rotatable bonds is 3. The number of nitrogens with zero attached hydrogens (tertiary/aromatic N) is 2. The lowest BCUT2D eigenvalue weighted by atomic mass is 10.1. The van der Waals surface area contributed by atoms with Crippen LogP contribution in [0.5, 0.6) is 0 Å². The molecule has 1 aliphatic heterocycles. The molecule has 1 amide bonds. The minimum absolute atomic E-state index is 0.260. The molecule has 0 spiro atoms. The molecule has 17 heavy (non-hydrogen) atoms. The van der Waals surface area contributed by atoms with E-state index in [1.165, 1.54) is 0 Å². The zero-order valence-corrected chi connectivity index (χ0v) is 9.94. The van der Waals surface area contributed by atoms with Gasteiger partial charge in [0.1, 0.15) is 5.84 Å². The summed E-state index contributed by atoms with van der Waals surface area (Å²) in [6.45, 7) is 0. The van der Waals surface area contributed by atoms with Crippen LogP contribution in [0.25, 0.3) is 0 Å². The molecule has 0 radical (unpaired) electrons. The van der Waals surface area contributed by atoms with Gasteiger partial charge in [-0.15, -0.1) is 11.6 Å². The van der Waals surface area contributed by atoms with Gasteiger partial charge in [0.05, 0.1) is 5.56 Å². The molecule has 0 fully saturated rings. The molecule has 1 aromatic carbocycles. The monoisotopic (exact) mass is 249 g/mol. The van der Waals surface area contributed by atoms with Crippen LogP contribution in [-0.2, 0) is 0 Å². The van der Waals surface area contributed by atoms with Crippen LogP contribution in [0.4, 0.5) is 0 Å². The van der Waals surface area contributed by atoms with Crippen LogP contribution in [0.15, 0.2) is 34.3 Å². The largest absolute Gasteiger partial charge is 0.387 e. The Morgan fingerprint density at radius 2 is 2.06 bits per heavy atom. The summed E-state index contributed by atoms with van der Waals surface area (Å²) < 4.78 is 0. The average molecular weight is 250 g/mol. The number of hydrogen-bond acceptors (Lipinski definition) is 2. The first kappa shape index (κ1) is 11.8. The van der Waals surface area contributed by atoms with Crippen LogP contribution in [0.1, 0.15) is 28.8 Å². The number of fused-ring (bicyclic) bond motifs is 1. The van der Waals surface area contributed by atoms with Gasteiger partial charge in [0.2, 0.25) is 0 Å². The van der Waals surface area contributed by atoms with Gasteiger partial charge in [0.15, 0.2) is 5.84 Å². The van der Waals surface area contributed by atoms with Crippen LogP contribution < -0.4 is 5.73 Å². The lowest BCUT2D eigenvalue weighted by Gasteiger charge is -2.00. The van der Waals surface area contributed by atoms with Gasteiger partial charge in [-0.1, -0.05) is 18.2 Å². The fourth-order valence-electron chi connectivity index (χ4n) is 1.61. The Morgan fingerprint density at radius 3 is 2.76 bits per heavy atom. The topological polar surface area (TPSA) is 67.8 Å². The number of amides is 1. The summed E-state index contributed by atoms with van der Waals surface area (Å²) in [5, 5.41) is 0. The van der Waals surface area contributed by atoms with Crippen molar-refractivity contribution in [2.75, 3.05) is 5.88 Å². The summed E-state index contributed by atoms with van der Waals surface area (Å²) in [5.74, 6) is 1.13. The van der Waals surface area contributed by atoms with Crippen molar-refractivity contribution in [3.63, 3.8) is 0 Å². The Bertz CT molecular complexity index is 508. The fraction of sp³-hybridized carbons (Fsp3) is 0.250. The van der Waals surface area contributed by atoms with E-state index >= 15 is 0 Å². The Balaban J connectivity index is 2.24. The average Bonchev–Trinajstić information content (AvgIpc) is 2.65. The maximum Gasteiger partial charge on any atom is 0.279 e. The molecule has 0 unspecified atom stereocenters. The Labute approximate surface area is 104 Å². The van der Waals surface area contributed by atoms with Crippen molar-refractivity contribution >= 4 is 29.2 Å². The summed E-state index contributed by atoms with van der Waals surface area (Å²) >= 11 is 5.57. The molecule has 0 bridgehead atoms. The molecule has 2 N–H and O–H groups in total. The molecule has 4 nitrogen and oxygen atoms in total. The molecule has 1 aromatic rings. The van der Waals surface area contributed by atoms with Crippen LogP contribution in [-0.4, -0.2) is 23.5 Å². The van der Waals surface area contributed by atoms with Gasteiger partial charge in [-0.05, 0) is 12.5 Å². The Kier molecular flexibility index (Phi) is 3.54. The highest BCUT2D eigenvalue weighted by Gasteiger charge is 2.22. The summed E-state index contributed by atoms with van der Waals surface area (Å²) in [4.78, 5) is 19.6. The van der Waals surface area contributed by atoms with Gasteiger partial charge in [0.25, 0.3) is 5.91 Å². The quantitative estimate of drug-likeness (QED) is 0.506. The molecule has 88 valence electrons. The number of benzene rings is 1. The van der Waals surface area contributed by atoms with E-state index in [-0.39, 0.29) is 5.91 Å².